The lowest BCUT2D eigenvalue weighted by molar-refractivity contribution is 0.0213. The molecule has 0 bridgehead atoms. The minimum Gasteiger partial charge on any atom is -0.367 e. The van der Waals surface area contributed by atoms with E-state index in [0.29, 0.717) is 12.2 Å². The van der Waals surface area contributed by atoms with Crippen molar-refractivity contribution in [2.24, 2.45) is 0 Å². The van der Waals surface area contributed by atoms with Crippen LogP contribution in [0.3, 0.4) is 0 Å². The molecule has 3 nitrogen and oxygen atoms in total. The van der Waals surface area contributed by atoms with Crippen LogP contribution < -0.4 is 0 Å². The van der Waals surface area contributed by atoms with Gasteiger partial charge in [-0.05, 0) is 31.9 Å². The molecule has 18 heavy (non-hydrogen) atoms. The second-order valence-electron chi connectivity index (χ2n) is 4.93. The number of para-hydroxylation sites is 1. The molecule has 1 aromatic heterocycles. The van der Waals surface area contributed by atoms with Crippen LogP contribution in [0.2, 0.25) is 0 Å². The van der Waals surface area contributed by atoms with Crippen LogP contribution in [0, 0.1) is 0 Å². The van der Waals surface area contributed by atoms with E-state index in [-0.39, 0.29) is 5.78 Å². The van der Waals surface area contributed by atoms with E-state index in [1.165, 1.54) is 0 Å². The second kappa shape index (κ2) is 4.18. The van der Waals surface area contributed by atoms with Crippen molar-refractivity contribution in [2.75, 3.05) is 6.61 Å². The quantitative estimate of drug-likeness (QED) is 0.759. The summed E-state index contributed by atoms with van der Waals surface area (Å²) in [6.07, 6.45) is 3.39. The van der Waals surface area contributed by atoms with Crippen molar-refractivity contribution in [3.8, 4) is 0 Å². The number of Topliss-reactive ketones (excluding diaryl/α,β-unsaturated/α-hetero) is 1. The smallest absolute Gasteiger partial charge is 0.195 e. The minimum atomic E-state index is -0.663. The molecule has 1 atom stereocenters. The number of ketones is 1. The Hall–Kier alpha value is -1.74. The molecule has 1 aromatic carbocycles. The third-order valence-corrected chi connectivity index (χ3v) is 3.55. The van der Waals surface area contributed by atoms with Gasteiger partial charge in [0.25, 0.3) is 0 Å². The summed E-state index contributed by atoms with van der Waals surface area (Å²) in [4.78, 5) is 16.8. The van der Waals surface area contributed by atoms with E-state index < -0.39 is 5.60 Å². The summed E-state index contributed by atoms with van der Waals surface area (Å²) < 4.78 is 5.59. The number of carbonyl (C=O) groups excluding carboxylic acids is 1. The first-order chi connectivity index (χ1) is 8.69. The third-order valence-electron chi connectivity index (χ3n) is 3.55. The lowest BCUT2D eigenvalue weighted by Gasteiger charge is -2.21. The van der Waals surface area contributed by atoms with Crippen molar-refractivity contribution < 1.29 is 9.53 Å². The van der Waals surface area contributed by atoms with Crippen LogP contribution in [0.5, 0.6) is 0 Å². The maximum absolute atomic E-state index is 12.4. The van der Waals surface area contributed by atoms with Crippen molar-refractivity contribution >= 4 is 16.7 Å². The first-order valence-corrected chi connectivity index (χ1v) is 6.23. The summed E-state index contributed by atoms with van der Waals surface area (Å²) in [5.74, 6) is 0.0400. The molecule has 92 valence electrons. The zero-order chi connectivity index (χ0) is 12.6. The van der Waals surface area contributed by atoms with Crippen molar-refractivity contribution in [3.05, 3.63) is 42.1 Å². The third kappa shape index (κ3) is 1.81. The molecule has 1 saturated heterocycles. The number of fused-ring (bicyclic) bond motifs is 1. The normalized spacial score (nSPS) is 23.4. The van der Waals surface area contributed by atoms with Crippen LogP contribution in [0.15, 0.2) is 36.5 Å². The van der Waals surface area contributed by atoms with Gasteiger partial charge in [-0.1, -0.05) is 18.2 Å². The Bertz CT molecular complexity index is 600. The average Bonchev–Trinajstić information content (AvgIpc) is 2.85. The van der Waals surface area contributed by atoms with Crippen molar-refractivity contribution in [2.45, 2.75) is 25.4 Å². The Morgan fingerprint density at radius 3 is 3.00 bits per heavy atom. The number of aromatic nitrogens is 1. The van der Waals surface area contributed by atoms with Crippen LogP contribution in [0.1, 0.15) is 30.1 Å². The molecule has 1 aliphatic heterocycles. The summed E-state index contributed by atoms with van der Waals surface area (Å²) in [6, 6.07) is 9.70. The van der Waals surface area contributed by atoms with Crippen LogP contribution >= 0.6 is 0 Å². The number of hydrogen-bond donors (Lipinski definition) is 0. The zero-order valence-electron chi connectivity index (χ0n) is 10.3. The SMILES string of the molecule is CC1(C(=O)c2cnc3ccccc3c2)CCCO1. The number of hydrogen-bond acceptors (Lipinski definition) is 3. The monoisotopic (exact) mass is 241 g/mol. The van der Waals surface area contributed by atoms with E-state index >= 15 is 0 Å². The molecular formula is C15H15NO2. The Balaban J connectivity index is 2.01. The highest BCUT2D eigenvalue weighted by Gasteiger charge is 2.38. The Morgan fingerprint density at radius 1 is 1.39 bits per heavy atom. The largest absolute Gasteiger partial charge is 0.367 e. The lowest BCUT2D eigenvalue weighted by Crippen LogP contribution is -2.34. The van der Waals surface area contributed by atoms with Crippen molar-refractivity contribution in [3.63, 3.8) is 0 Å². The van der Waals surface area contributed by atoms with E-state index in [1.54, 1.807) is 6.20 Å². The Kier molecular flexibility index (Phi) is 2.63. The summed E-state index contributed by atoms with van der Waals surface area (Å²) in [7, 11) is 0. The molecule has 1 unspecified atom stereocenters. The molecule has 0 N–H and O–H groups in total. The van der Waals surface area contributed by atoms with Crippen LogP contribution in [-0.2, 0) is 4.74 Å². The van der Waals surface area contributed by atoms with E-state index in [1.807, 2.05) is 37.3 Å². The zero-order valence-corrected chi connectivity index (χ0v) is 10.3. The lowest BCUT2D eigenvalue weighted by atomic mass is 9.92. The number of pyridine rings is 1. The standard InChI is InChI=1S/C15H15NO2/c1-15(7-4-8-18-15)14(17)12-9-11-5-2-3-6-13(11)16-10-12/h2-3,5-6,9-10H,4,7-8H2,1H3. The first kappa shape index (κ1) is 11.4. The predicted molar refractivity (Wildman–Crippen MR) is 69.7 cm³/mol. The van der Waals surface area contributed by atoms with E-state index in [0.717, 1.165) is 23.7 Å². The fourth-order valence-electron chi connectivity index (χ4n) is 2.46. The number of rotatable bonds is 2. The van der Waals surface area contributed by atoms with E-state index in [4.69, 9.17) is 4.74 Å². The number of carbonyl (C=O) groups is 1. The van der Waals surface area contributed by atoms with Crippen LogP contribution in [0.25, 0.3) is 10.9 Å². The number of ether oxygens (including phenoxy) is 1. The highest BCUT2D eigenvalue weighted by Crippen LogP contribution is 2.29. The van der Waals surface area contributed by atoms with Gasteiger partial charge in [-0.15, -0.1) is 0 Å². The fourth-order valence-corrected chi connectivity index (χ4v) is 2.46. The van der Waals surface area contributed by atoms with Gasteiger partial charge in [0.1, 0.15) is 5.60 Å². The van der Waals surface area contributed by atoms with E-state index in [9.17, 15) is 4.79 Å². The minimum absolute atomic E-state index is 0.0400. The fraction of sp³-hybridized carbons (Fsp3) is 0.333. The molecule has 1 fully saturated rings. The molecule has 3 heteroatoms. The molecule has 0 saturated carbocycles. The van der Waals surface area contributed by atoms with Gasteiger partial charge in [-0.3, -0.25) is 9.78 Å². The van der Waals surface area contributed by atoms with Gasteiger partial charge in [-0.25, -0.2) is 0 Å². The molecule has 2 aromatic rings. The highest BCUT2D eigenvalue weighted by molar-refractivity contribution is 6.04. The Labute approximate surface area is 106 Å². The number of nitrogens with zero attached hydrogens (tertiary/aromatic N) is 1. The van der Waals surface area contributed by atoms with Gasteiger partial charge < -0.3 is 4.74 Å². The van der Waals surface area contributed by atoms with Gasteiger partial charge in [0.05, 0.1) is 5.52 Å². The van der Waals surface area contributed by atoms with Gasteiger partial charge in [0, 0.05) is 23.8 Å². The average molecular weight is 241 g/mol. The van der Waals surface area contributed by atoms with Gasteiger partial charge in [0.2, 0.25) is 0 Å². The topological polar surface area (TPSA) is 39.2 Å². The first-order valence-electron chi connectivity index (χ1n) is 6.23. The molecule has 0 radical (unpaired) electrons. The van der Waals surface area contributed by atoms with Crippen LogP contribution in [0.4, 0.5) is 0 Å². The van der Waals surface area contributed by atoms with Crippen molar-refractivity contribution in [1.29, 1.82) is 0 Å². The van der Waals surface area contributed by atoms with Crippen molar-refractivity contribution in [1.82, 2.24) is 4.98 Å². The molecule has 3 rings (SSSR count). The van der Waals surface area contributed by atoms with Gasteiger partial charge >= 0.3 is 0 Å². The summed E-state index contributed by atoms with van der Waals surface area (Å²) in [5.41, 5.74) is 0.883. The molecule has 0 spiro atoms. The van der Waals surface area contributed by atoms with Crippen LogP contribution in [-0.4, -0.2) is 23.0 Å². The Morgan fingerprint density at radius 2 is 2.22 bits per heavy atom. The molecular weight excluding hydrogens is 226 g/mol. The molecule has 0 amide bonds. The summed E-state index contributed by atoms with van der Waals surface area (Å²) in [6.45, 7) is 2.54. The summed E-state index contributed by atoms with van der Waals surface area (Å²) >= 11 is 0. The highest BCUT2D eigenvalue weighted by atomic mass is 16.5. The number of benzene rings is 1. The molecule has 2 heterocycles. The predicted octanol–water partition coefficient (Wildman–Crippen LogP) is 2.99. The summed E-state index contributed by atoms with van der Waals surface area (Å²) in [5, 5.41) is 0.991. The van der Waals surface area contributed by atoms with E-state index in [2.05, 4.69) is 4.98 Å². The second-order valence-corrected chi connectivity index (χ2v) is 4.93. The molecule has 1 aliphatic rings. The maximum atomic E-state index is 12.4. The maximum Gasteiger partial charge on any atom is 0.195 e. The molecule has 0 aliphatic carbocycles. The van der Waals surface area contributed by atoms with Gasteiger partial charge in [0.15, 0.2) is 5.78 Å². The van der Waals surface area contributed by atoms with Gasteiger partial charge in [-0.2, -0.15) is 0 Å².